The van der Waals surface area contributed by atoms with Gasteiger partial charge in [0.05, 0.1) is 36.8 Å². The van der Waals surface area contributed by atoms with Gasteiger partial charge >= 0.3 is 40.9 Å². The molecule has 4 aromatic heterocycles. The average Bonchev–Trinajstić information content (AvgIpc) is 1.68. The van der Waals surface area contributed by atoms with Crippen LogP contribution in [0, 0.1) is 16.2 Å². The smallest absolute Gasteiger partial charge is 0.462 e. The molecule has 0 radical (unpaired) electrons. The number of anilines is 4. The van der Waals surface area contributed by atoms with Crippen molar-refractivity contribution >= 4 is 58.2 Å². The molecule has 8 heterocycles. The van der Waals surface area contributed by atoms with Gasteiger partial charge in [0.15, 0.2) is 53.3 Å². The van der Waals surface area contributed by atoms with Gasteiger partial charge in [-0.1, -0.05) is 32.5 Å². The summed E-state index contributed by atoms with van der Waals surface area (Å²) in [5, 5.41) is 125. The lowest BCUT2D eigenvalue weighted by Gasteiger charge is -2.21. The first kappa shape index (κ1) is 82.9. The van der Waals surface area contributed by atoms with Crippen molar-refractivity contribution in [2.24, 2.45) is 16.2 Å². The molecule has 0 amide bonds. The summed E-state index contributed by atoms with van der Waals surface area (Å²) in [6.07, 6.45) is -16.1. The van der Waals surface area contributed by atoms with Crippen LogP contribution in [0.5, 0.6) is 0 Å². The Morgan fingerprint density at radius 2 is 0.780 bits per heavy atom. The topological polar surface area (TPSA) is 602 Å². The van der Waals surface area contributed by atoms with E-state index in [0.29, 0.717) is 5.75 Å². The van der Waals surface area contributed by atoms with Gasteiger partial charge in [-0.15, -0.1) is 0 Å². The van der Waals surface area contributed by atoms with Crippen LogP contribution in [-0.4, -0.2) is 253 Å². The van der Waals surface area contributed by atoms with E-state index in [2.05, 4.69) is 19.9 Å². The van der Waals surface area contributed by atoms with Gasteiger partial charge in [-0.05, 0) is 72.7 Å². The summed E-state index contributed by atoms with van der Waals surface area (Å²) < 4.78 is 50.8. The lowest BCUT2D eigenvalue weighted by molar-refractivity contribution is -0.162. The van der Waals surface area contributed by atoms with E-state index in [0.717, 1.165) is 18.3 Å². The van der Waals surface area contributed by atoms with Gasteiger partial charge in [0.2, 0.25) is 0 Å². The Kier molecular flexibility index (Phi) is 30.4. The van der Waals surface area contributed by atoms with Gasteiger partial charge in [0, 0.05) is 36.0 Å². The fourth-order valence-corrected chi connectivity index (χ4v) is 9.66. The fraction of sp³-hybridized carbons (Fsp3) is 0.649. The van der Waals surface area contributed by atoms with Crippen LogP contribution in [0.3, 0.4) is 0 Å². The van der Waals surface area contributed by atoms with E-state index in [-0.39, 0.29) is 67.5 Å². The van der Waals surface area contributed by atoms with E-state index < -0.39 is 162 Å². The number of esters is 2. The number of rotatable bonds is 22. The molecule has 0 bridgehead atoms. The quantitative estimate of drug-likeness (QED) is 0.0159. The second kappa shape index (κ2) is 36.7. The van der Waals surface area contributed by atoms with Crippen molar-refractivity contribution in [3.05, 3.63) is 91.0 Å². The number of carbonyl (C=O) groups is 4. The third-order valence-corrected chi connectivity index (χ3v) is 15.8. The summed E-state index contributed by atoms with van der Waals surface area (Å²) >= 11 is 1.17. The van der Waals surface area contributed by atoms with Gasteiger partial charge in [-0.25, -0.2) is 24.0 Å². The Balaban J connectivity index is 0.000000241. The minimum atomic E-state index is -1.46. The highest BCUT2D eigenvalue weighted by molar-refractivity contribution is 8.13. The molecule has 0 spiro atoms. The van der Waals surface area contributed by atoms with E-state index in [1.165, 1.54) is 74.7 Å². The number of aromatic nitrogens is 8. The Labute approximate surface area is 571 Å². The summed E-state index contributed by atoms with van der Waals surface area (Å²) in [6.45, 7) is 15.7. The molecule has 0 aromatic carbocycles. The van der Waals surface area contributed by atoms with Crippen molar-refractivity contribution in [1.29, 1.82) is 0 Å². The van der Waals surface area contributed by atoms with Crippen molar-refractivity contribution < 1.29 is 129 Å². The summed E-state index contributed by atoms with van der Waals surface area (Å²) in [5.41, 5.74) is 1.46. The number of aliphatic hydroxyl groups excluding tert-OH is 9. The number of hydrogen-bond donors (Lipinski definition) is 17. The molecule has 43 heteroatoms. The first-order valence-corrected chi connectivity index (χ1v) is 31.4. The summed E-state index contributed by atoms with van der Waals surface area (Å²) in [4.78, 5) is 108. The average molecular weight is 1450 g/mol. The maximum atomic E-state index is 12.0. The van der Waals surface area contributed by atoms with Crippen molar-refractivity contribution in [2.75, 3.05) is 67.3 Å². The number of hydrogen-bond acceptors (Lipinski definition) is 39. The number of thioether (sulfide) groups is 1. The normalized spacial score (nSPS) is 26.4. The third kappa shape index (κ3) is 22.1. The molecular weight excluding hydrogens is 1360 g/mol. The van der Waals surface area contributed by atoms with Crippen LogP contribution < -0.4 is 44.7 Å². The second-order valence-electron chi connectivity index (χ2n) is 25.3. The standard InChI is InChI=1S/C16H25N3O7S.C14H21N3O8.C14H21N3O7.C13H19N3O8/c1-16(2,3)14(22)27-7-6-25-8-9-11(20)12(21)13(26-9)19-5-4-10(18-24)17-15(19)23;1-14(2,6-18)12(21)24-5-7-9(19)10(20)11(25-7)17-4-3-8(16-23)15-13(17)22;1-14(2,3)12(20)23-6-7-9(18)10(19)11(24-7)17-5-4-8(16-22)15-13(17)21;1-6(2)23-13(20)22-5-7-9(17)10(18)11(24-7)16-4-3-8(15-21)14-12(16)19/h4-5,9,11-13,20-21,24H,6-8H2,1-3H3,(H,17,18,23);3-4,7,9-11,18-20,23H,5-6H2,1-2H3,(H,15,16,22);4-5,7,9-11,18-19,22H,6H2,1-3H3,(H,15,16,21);3-4,6-7,9-11,17-18,21H,5H2,1-2H3,(H,14,15,19)/t9-,11-,12-,13-;3*7-,9-,10-,11-/m1111/s1. The Hall–Kier alpha value is -7.77. The number of aliphatic hydroxyl groups is 9. The zero-order chi connectivity index (χ0) is 74.9. The van der Waals surface area contributed by atoms with Crippen LogP contribution in [-0.2, 0) is 57.0 Å². The van der Waals surface area contributed by atoms with Crippen LogP contribution in [0.2, 0.25) is 0 Å². The molecule has 4 aliphatic rings. The molecule has 42 nitrogen and oxygen atoms in total. The predicted molar refractivity (Wildman–Crippen MR) is 337 cm³/mol. The highest BCUT2D eigenvalue weighted by atomic mass is 32.2. The predicted octanol–water partition coefficient (Wildman–Crippen LogP) is -3.31. The minimum absolute atomic E-state index is 0.00253. The van der Waals surface area contributed by atoms with E-state index in [9.17, 15) is 79.2 Å². The fourth-order valence-electron chi connectivity index (χ4n) is 8.84. The minimum Gasteiger partial charge on any atom is -0.462 e. The summed E-state index contributed by atoms with van der Waals surface area (Å²) in [7, 11) is 0. The Bertz CT molecular complexity index is 3590. The van der Waals surface area contributed by atoms with Gasteiger partial charge in [-0.2, -0.15) is 19.9 Å². The zero-order valence-corrected chi connectivity index (χ0v) is 56.4. The SMILES string of the molecule is CC(C)(C)C(=O)OC[C@H]1O[C@@H](n2ccc(NO)nc2=O)[C@H](O)[C@@H]1O.CC(C)(C)C(=O)SCCOC[C@H]1O[C@@H](n2ccc(NO)nc2=O)[C@H](O)[C@@H]1O.CC(C)(CO)C(=O)OC[C@H]1O[C@@H](n2ccc(NO)nc2=O)[C@H](O)[C@@H]1O.CC(C)OC(=O)OC[C@H]1O[C@@H](n2ccc(NO)nc2=O)[C@H](O)[C@@H]1O. The van der Waals surface area contributed by atoms with E-state index in [4.69, 9.17) is 68.6 Å². The van der Waals surface area contributed by atoms with Gasteiger partial charge < -0.3 is 88.6 Å². The molecule has 8 rings (SSSR count). The van der Waals surface area contributed by atoms with Crippen molar-refractivity contribution in [3.63, 3.8) is 0 Å². The second-order valence-corrected chi connectivity index (χ2v) is 26.4. The Morgan fingerprint density at radius 3 is 1.05 bits per heavy atom. The molecule has 4 aromatic rings. The van der Waals surface area contributed by atoms with Crippen molar-refractivity contribution in [1.82, 2.24) is 38.2 Å². The van der Waals surface area contributed by atoms with Gasteiger partial charge in [-0.3, -0.25) is 75.4 Å². The number of nitrogens with one attached hydrogen (secondary N) is 4. The molecule has 16 atom stereocenters. The van der Waals surface area contributed by atoms with E-state index in [1.807, 2.05) is 20.8 Å². The van der Waals surface area contributed by atoms with E-state index in [1.54, 1.807) is 56.5 Å². The molecule has 100 heavy (non-hydrogen) atoms. The molecule has 0 aliphatic carbocycles. The molecule has 4 saturated heterocycles. The highest BCUT2D eigenvalue weighted by Gasteiger charge is 2.49. The first-order chi connectivity index (χ1) is 46.8. The largest absolute Gasteiger partial charge is 0.508 e. The lowest BCUT2D eigenvalue weighted by Crippen LogP contribution is -2.37. The van der Waals surface area contributed by atoms with Crippen molar-refractivity contribution in [2.45, 2.75) is 174 Å². The highest BCUT2D eigenvalue weighted by Crippen LogP contribution is 2.33. The zero-order valence-electron chi connectivity index (χ0n) is 55.6. The molecule has 4 fully saturated rings. The van der Waals surface area contributed by atoms with Crippen molar-refractivity contribution in [3.8, 4) is 0 Å². The number of nitrogens with zero attached hydrogens (tertiary/aromatic N) is 8. The number of ether oxygens (including phenoxy) is 9. The van der Waals surface area contributed by atoms with Crippen LogP contribution in [0.15, 0.2) is 68.2 Å². The third-order valence-electron chi connectivity index (χ3n) is 14.6. The monoisotopic (exact) mass is 1450 g/mol. The molecular formula is C57H86N12O30S. The van der Waals surface area contributed by atoms with Crippen LogP contribution in [0.4, 0.5) is 28.1 Å². The maximum Gasteiger partial charge on any atom is 0.508 e. The van der Waals surface area contributed by atoms with Gasteiger partial charge in [0.25, 0.3) is 0 Å². The lowest BCUT2D eigenvalue weighted by atomic mass is 9.95. The van der Waals surface area contributed by atoms with Gasteiger partial charge in [0.1, 0.15) is 93.1 Å². The molecule has 0 unspecified atom stereocenters. The van der Waals surface area contributed by atoms with Crippen LogP contribution in [0.25, 0.3) is 0 Å². The molecule has 0 saturated carbocycles. The van der Waals surface area contributed by atoms with Crippen LogP contribution in [0.1, 0.15) is 94.1 Å². The summed E-state index contributed by atoms with van der Waals surface area (Å²) in [5.74, 6) is -1.00. The molecule has 4 aliphatic heterocycles. The first-order valence-electron chi connectivity index (χ1n) is 30.4. The van der Waals surface area contributed by atoms with Crippen LogP contribution >= 0.6 is 11.8 Å². The maximum absolute atomic E-state index is 12.0. The van der Waals surface area contributed by atoms with E-state index >= 15 is 0 Å². The number of carbonyl (C=O) groups excluding carboxylic acids is 4. The Morgan fingerprint density at radius 1 is 0.480 bits per heavy atom. The molecule has 560 valence electrons. The summed E-state index contributed by atoms with van der Waals surface area (Å²) in [6, 6.07) is 5.14. The molecule has 17 N–H and O–H groups in total.